The minimum Gasteiger partial charge on any atom is -0.396 e. The summed E-state index contributed by atoms with van der Waals surface area (Å²) in [7, 11) is 0. The lowest BCUT2D eigenvalue weighted by Crippen LogP contribution is -2.28. The summed E-state index contributed by atoms with van der Waals surface area (Å²) in [5.41, 5.74) is 1.70. The summed E-state index contributed by atoms with van der Waals surface area (Å²) in [5, 5.41) is 10.6. The average molecular weight is 259 g/mol. The van der Waals surface area contributed by atoms with Crippen molar-refractivity contribution in [3.8, 4) is 0 Å². The molecule has 1 atom stereocenters. The Labute approximate surface area is 113 Å². The Morgan fingerprint density at radius 2 is 1.95 bits per heavy atom. The minimum absolute atomic E-state index is 0.00889. The molecule has 3 nitrogen and oxygen atoms in total. The van der Waals surface area contributed by atoms with Gasteiger partial charge in [-0.3, -0.25) is 4.79 Å². The zero-order valence-corrected chi connectivity index (χ0v) is 11.8. The molecule has 2 rings (SSSR count). The van der Waals surface area contributed by atoms with E-state index in [1.165, 1.54) is 0 Å². The van der Waals surface area contributed by atoms with Gasteiger partial charge in [0.2, 0.25) is 0 Å². The van der Waals surface area contributed by atoms with Gasteiger partial charge in [0.05, 0.1) is 12.1 Å². The standard InChI is InChI=1S/C16H21NO2/c1-4-17-15-8-6-5-7-12(15)9-13(16(17)19)14(10-18)11(2)3/h5-9,11,14,18H,4,10H2,1-3H3. The summed E-state index contributed by atoms with van der Waals surface area (Å²) < 4.78 is 1.79. The maximum absolute atomic E-state index is 12.6. The minimum atomic E-state index is -0.102. The molecule has 102 valence electrons. The Kier molecular flexibility index (Phi) is 4.05. The molecule has 19 heavy (non-hydrogen) atoms. The van der Waals surface area contributed by atoms with Crippen LogP contribution in [0.1, 0.15) is 32.3 Å². The van der Waals surface area contributed by atoms with Crippen molar-refractivity contribution in [2.45, 2.75) is 33.2 Å². The van der Waals surface area contributed by atoms with E-state index in [4.69, 9.17) is 0 Å². The Balaban J connectivity index is 2.76. The highest BCUT2D eigenvalue weighted by molar-refractivity contribution is 5.79. The molecule has 3 heteroatoms. The van der Waals surface area contributed by atoms with Gasteiger partial charge in [-0.25, -0.2) is 0 Å². The predicted molar refractivity (Wildman–Crippen MR) is 78.5 cm³/mol. The summed E-state index contributed by atoms with van der Waals surface area (Å²) in [5.74, 6) is 0.138. The highest BCUT2D eigenvalue weighted by Gasteiger charge is 2.20. The summed E-state index contributed by atoms with van der Waals surface area (Å²) in [6, 6.07) is 9.83. The third-order valence-corrected chi connectivity index (χ3v) is 3.75. The Morgan fingerprint density at radius 3 is 2.53 bits per heavy atom. The highest BCUT2D eigenvalue weighted by Crippen LogP contribution is 2.24. The molecule has 1 N–H and O–H groups in total. The van der Waals surface area contributed by atoms with Gasteiger partial charge in [0, 0.05) is 18.0 Å². The molecule has 2 aromatic rings. The third-order valence-electron chi connectivity index (χ3n) is 3.75. The normalized spacial score (nSPS) is 13.1. The zero-order chi connectivity index (χ0) is 14.0. The summed E-state index contributed by atoms with van der Waals surface area (Å²) in [4.78, 5) is 12.6. The molecule has 1 aromatic heterocycles. The molecular weight excluding hydrogens is 238 g/mol. The SMILES string of the molecule is CCn1c(=O)c(C(CO)C(C)C)cc2ccccc21. The molecule has 0 saturated heterocycles. The number of aryl methyl sites for hydroxylation is 1. The van der Waals surface area contributed by atoms with Crippen molar-refractivity contribution in [2.75, 3.05) is 6.61 Å². The van der Waals surface area contributed by atoms with E-state index >= 15 is 0 Å². The first kappa shape index (κ1) is 13.8. The van der Waals surface area contributed by atoms with Crippen LogP contribution in [-0.2, 0) is 6.54 Å². The number of aliphatic hydroxyl groups excluding tert-OH is 1. The summed E-state index contributed by atoms with van der Waals surface area (Å²) in [6.07, 6.45) is 0. The van der Waals surface area contributed by atoms with E-state index in [-0.39, 0.29) is 24.0 Å². The van der Waals surface area contributed by atoms with E-state index in [1.807, 2.05) is 51.1 Å². The first-order valence-corrected chi connectivity index (χ1v) is 6.83. The van der Waals surface area contributed by atoms with Gasteiger partial charge >= 0.3 is 0 Å². The van der Waals surface area contributed by atoms with Crippen LogP contribution >= 0.6 is 0 Å². The fourth-order valence-electron chi connectivity index (χ4n) is 2.60. The number of aliphatic hydroxyl groups is 1. The molecule has 0 aliphatic rings. The number of hydrogen-bond acceptors (Lipinski definition) is 2. The van der Waals surface area contributed by atoms with Gasteiger partial charge in [-0.15, -0.1) is 0 Å². The molecule has 0 radical (unpaired) electrons. The van der Waals surface area contributed by atoms with Gasteiger partial charge < -0.3 is 9.67 Å². The zero-order valence-electron chi connectivity index (χ0n) is 11.8. The number of benzene rings is 1. The topological polar surface area (TPSA) is 42.2 Å². The number of nitrogens with zero attached hydrogens (tertiary/aromatic N) is 1. The molecule has 0 aliphatic heterocycles. The van der Waals surface area contributed by atoms with E-state index in [0.29, 0.717) is 6.54 Å². The molecule has 0 spiro atoms. The van der Waals surface area contributed by atoms with E-state index < -0.39 is 0 Å². The van der Waals surface area contributed by atoms with Gasteiger partial charge in [0.15, 0.2) is 0 Å². The van der Waals surface area contributed by atoms with Crippen molar-refractivity contribution in [2.24, 2.45) is 5.92 Å². The molecule has 0 aliphatic carbocycles. The maximum atomic E-state index is 12.6. The largest absolute Gasteiger partial charge is 0.396 e. The van der Waals surface area contributed by atoms with Gasteiger partial charge in [0.1, 0.15) is 0 Å². The second-order valence-corrected chi connectivity index (χ2v) is 5.24. The van der Waals surface area contributed by atoms with Gasteiger partial charge in [0.25, 0.3) is 5.56 Å². The van der Waals surface area contributed by atoms with E-state index in [2.05, 4.69) is 0 Å². The Morgan fingerprint density at radius 1 is 1.26 bits per heavy atom. The molecule has 1 heterocycles. The van der Waals surface area contributed by atoms with E-state index in [9.17, 15) is 9.90 Å². The molecule has 0 amide bonds. The summed E-state index contributed by atoms with van der Waals surface area (Å²) in [6.45, 7) is 6.69. The van der Waals surface area contributed by atoms with Crippen LogP contribution in [0.2, 0.25) is 0 Å². The molecule has 0 bridgehead atoms. The van der Waals surface area contributed by atoms with Crippen LogP contribution in [0.4, 0.5) is 0 Å². The second-order valence-electron chi connectivity index (χ2n) is 5.24. The van der Waals surface area contributed by atoms with Crippen LogP contribution in [0.3, 0.4) is 0 Å². The Hall–Kier alpha value is -1.61. The summed E-state index contributed by atoms with van der Waals surface area (Å²) >= 11 is 0. The highest BCUT2D eigenvalue weighted by atomic mass is 16.3. The van der Waals surface area contributed by atoms with Gasteiger partial charge in [-0.05, 0) is 30.4 Å². The molecule has 0 saturated carbocycles. The van der Waals surface area contributed by atoms with Crippen molar-refractivity contribution >= 4 is 10.9 Å². The fourth-order valence-corrected chi connectivity index (χ4v) is 2.60. The van der Waals surface area contributed by atoms with Crippen LogP contribution in [0.15, 0.2) is 35.1 Å². The van der Waals surface area contributed by atoms with Gasteiger partial charge in [-0.2, -0.15) is 0 Å². The predicted octanol–water partition coefficient (Wildman–Crippen LogP) is 2.75. The van der Waals surface area contributed by atoms with Crippen LogP contribution in [0, 0.1) is 5.92 Å². The second kappa shape index (κ2) is 5.57. The number of hydrogen-bond donors (Lipinski definition) is 1. The molecular formula is C16H21NO2. The quantitative estimate of drug-likeness (QED) is 0.917. The van der Waals surface area contributed by atoms with Gasteiger partial charge in [-0.1, -0.05) is 32.0 Å². The van der Waals surface area contributed by atoms with Crippen molar-refractivity contribution in [1.82, 2.24) is 4.57 Å². The smallest absolute Gasteiger partial charge is 0.254 e. The van der Waals surface area contributed by atoms with E-state index in [1.54, 1.807) is 4.57 Å². The first-order valence-electron chi connectivity index (χ1n) is 6.83. The van der Waals surface area contributed by atoms with Crippen molar-refractivity contribution in [1.29, 1.82) is 0 Å². The average Bonchev–Trinajstić information content (AvgIpc) is 2.40. The molecule has 1 aromatic carbocycles. The lowest BCUT2D eigenvalue weighted by molar-refractivity contribution is 0.236. The lowest BCUT2D eigenvalue weighted by atomic mass is 9.89. The molecule has 1 unspecified atom stereocenters. The number of fused-ring (bicyclic) bond motifs is 1. The Bertz CT molecular complexity index is 628. The number of pyridine rings is 1. The third kappa shape index (κ3) is 2.43. The lowest BCUT2D eigenvalue weighted by Gasteiger charge is -2.20. The number of para-hydroxylation sites is 1. The monoisotopic (exact) mass is 259 g/mol. The van der Waals surface area contributed by atoms with Crippen LogP contribution in [0.5, 0.6) is 0 Å². The fraction of sp³-hybridized carbons (Fsp3) is 0.438. The number of aromatic nitrogens is 1. The van der Waals surface area contributed by atoms with Crippen LogP contribution in [0.25, 0.3) is 10.9 Å². The van der Waals surface area contributed by atoms with Crippen molar-refractivity contribution < 1.29 is 5.11 Å². The maximum Gasteiger partial charge on any atom is 0.254 e. The van der Waals surface area contributed by atoms with E-state index in [0.717, 1.165) is 16.5 Å². The molecule has 0 fully saturated rings. The van der Waals surface area contributed by atoms with Crippen molar-refractivity contribution in [3.63, 3.8) is 0 Å². The first-order chi connectivity index (χ1) is 9.10. The van der Waals surface area contributed by atoms with Crippen LogP contribution < -0.4 is 5.56 Å². The number of rotatable bonds is 4. The van der Waals surface area contributed by atoms with Crippen molar-refractivity contribution in [3.05, 3.63) is 46.2 Å². The van der Waals surface area contributed by atoms with Crippen LogP contribution in [-0.4, -0.2) is 16.3 Å².